The quantitative estimate of drug-likeness (QED) is 0.149. The van der Waals surface area contributed by atoms with E-state index >= 15 is 0 Å². The predicted octanol–water partition coefficient (Wildman–Crippen LogP) is 8.12. The molecule has 0 unspecified atom stereocenters. The molecule has 1 saturated heterocycles. The molecule has 8 nitrogen and oxygen atoms in total. The van der Waals surface area contributed by atoms with Gasteiger partial charge in [0, 0.05) is 5.56 Å². The number of benzene rings is 2. The van der Waals surface area contributed by atoms with Gasteiger partial charge in [-0.05, 0) is 67.2 Å². The molecule has 0 aliphatic carbocycles. The number of carbonyl (C=O) groups is 1. The van der Waals surface area contributed by atoms with Gasteiger partial charge >= 0.3 is 18.5 Å². The van der Waals surface area contributed by atoms with Crippen molar-refractivity contribution in [3.63, 3.8) is 0 Å². The maximum Gasteiger partial charge on any atom is 0.511 e. The average Bonchev–Trinajstić information content (AvgIpc) is 3.40. The number of hydrogen-bond acceptors (Lipinski definition) is 6. The molecular formula is C30H24ClF7N4O4. The lowest BCUT2D eigenvalue weighted by Gasteiger charge is -2.32. The Morgan fingerprint density at radius 2 is 1.72 bits per heavy atom. The van der Waals surface area contributed by atoms with E-state index in [0.717, 1.165) is 17.7 Å². The lowest BCUT2D eigenvalue weighted by molar-refractivity contribution is -0.148. The highest BCUT2D eigenvalue weighted by atomic mass is 35.5. The second kappa shape index (κ2) is 13.2. The Bertz CT molecular complexity index is 1700. The first-order valence-corrected chi connectivity index (χ1v) is 14.1. The van der Waals surface area contributed by atoms with Gasteiger partial charge in [-0.1, -0.05) is 41.9 Å². The van der Waals surface area contributed by atoms with Gasteiger partial charge in [-0.2, -0.15) is 31.4 Å². The van der Waals surface area contributed by atoms with Crippen LogP contribution in [0.5, 0.6) is 11.5 Å². The van der Waals surface area contributed by atoms with Crippen molar-refractivity contribution in [1.82, 2.24) is 19.7 Å². The molecule has 0 saturated carbocycles. The summed E-state index contributed by atoms with van der Waals surface area (Å²) in [4.78, 5) is 16.5. The van der Waals surface area contributed by atoms with Crippen molar-refractivity contribution in [3.05, 3.63) is 88.5 Å². The zero-order valence-electron chi connectivity index (χ0n) is 23.6. The van der Waals surface area contributed by atoms with Crippen LogP contribution in [-0.2, 0) is 12.8 Å². The molecule has 0 bridgehead atoms. The maximum atomic E-state index is 14.5. The van der Waals surface area contributed by atoms with E-state index < -0.39 is 42.3 Å². The lowest BCUT2D eigenvalue weighted by Crippen LogP contribution is -2.39. The van der Waals surface area contributed by atoms with Gasteiger partial charge in [-0.3, -0.25) is 4.90 Å². The van der Waals surface area contributed by atoms with Gasteiger partial charge in [0.05, 0.1) is 23.5 Å². The molecule has 0 atom stereocenters. The van der Waals surface area contributed by atoms with Gasteiger partial charge in [0.1, 0.15) is 18.2 Å². The summed E-state index contributed by atoms with van der Waals surface area (Å²) in [6, 6.07) is 13.3. The van der Waals surface area contributed by atoms with E-state index in [-0.39, 0.29) is 40.4 Å². The predicted molar refractivity (Wildman–Crippen MR) is 151 cm³/mol. The molecular weight excluding hydrogens is 649 g/mol. The minimum atomic E-state index is -5.07. The van der Waals surface area contributed by atoms with Crippen molar-refractivity contribution >= 4 is 17.8 Å². The van der Waals surface area contributed by atoms with E-state index in [1.165, 1.54) is 23.1 Å². The van der Waals surface area contributed by atoms with Crippen LogP contribution in [0.4, 0.5) is 35.5 Å². The SMILES string of the molecule is O=C(O)Oc1cnn(-c2cccc(-c3cc(F)cc(Cl)c3OCc3ccc(C4CCN(CC(F)(F)F)CC4)cc3)n2)c1C(F)(F)F. The Morgan fingerprint density at radius 1 is 1.02 bits per heavy atom. The van der Waals surface area contributed by atoms with Crippen LogP contribution >= 0.6 is 11.6 Å². The Hall–Kier alpha value is -4.37. The number of pyridine rings is 1. The molecule has 2 aromatic carbocycles. The summed E-state index contributed by atoms with van der Waals surface area (Å²) < 4.78 is 105. The Kier molecular flexibility index (Phi) is 9.44. The number of likely N-dealkylation sites (tertiary alicyclic amines) is 1. The number of hydrogen-bond donors (Lipinski definition) is 1. The smallest absolute Gasteiger partial charge is 0.487 e. The summed E-state index contributed by atoms with van der Waals surface area (Å²) in [6.45, 7) is -0.281. The normalized spacial score (nSPS) is 14.8. The molecule has 1 N–H and O–H groups in total. The van der Waals surface area contributed by atoms with Gasteiger partial charge < -0.3 is 14.6 Å². The molecule has 3 heterocycles. The van der Waals surface area contributed by atoms with Crippen LogP contribution in [0.25, 0.3) is 17.1 Å². The molecule has 0 spiro atoms. The summed E-state index contributed by atoms with van der Waals surface area (Å²) in [7, 11) is 0. The highest BCUT2D eigenvalue weighted by Crippen LogP contribution is 2.40. The number of ether oxygens (including phenoxy) is 2. The minimum Gasteiger partial charge on any atom is -0.487 e. The zero-order chi connectivity index (χ0) is 33.2. The summed E-state index contributed by atoms with van der Waals surface area (Å²) in [6.07, 6.45) is -9.52. The highest BCUT2D eigenvalue weighted by molar-refractivity contribution is 6.32. The van der Waals surface area contributed by atoms with E-state index in [2.05, 4.69) is 14.8 Å². The molecule has 1 aliphatic heterocycles. The van der Waals surface area contributed by atoms with Crippen LogP contribution in [-0.4, -0.2) is 56.7 Å². The Labute approximate surface area is 261 Å². The van der Waals surface area contributed by atoms with Crippen molar-refractivity contribution in [1.29, 1.82) is 0 Å². The lowest BCUT2D eigenvalue weighted by atomic mass is 9.89. The molecule has 1 aliphatic rings. The van der Waals surface area contributed by atoms with E-state index in [1.54, 1.807) is 12.1 Å². The number of alkyl halides is 6. The molecule has 4 aromatic rings. The second-order valence-corrected chi connectivity index (χ2v) is 10.9. The first-order chi connectivity index (χ1) is 21.7. The fourth-order valence-corrected chi connectivity index (χ4v) is 5.50. The van der Waals surface area contributed by atoms with E-state index in [0.29, 0.717) is 42.4 Å². The van der Waals surface area contributed by atoms with Crippen LogP contribution in [0.3, 0.4) is 0 Å². The van der Waals surface area contributed by atoms with Crippen molar-refractivity contribution in [2.24, 2.45) is 0 Å². The Balaban J connectivity index is 1.35. The summed E-state index contributed by atoms with van der Waals surface area (Å²) in [5.74, 6) is -2.09. The minimum absolute atomic E-state index is 0.000222. The second-order valence-electron chi connectivity index (χ2n) is 10.5. The van der Waals surface area contributed by atoms with Gasteiger partial charge in [0.25, 0.3) is 0 Å². The largest absolute Gasteiger partial charge is 0.511 e. The molecule has 16 heteroatoms. The molecule has 244 valence electrons. The molecule has 0 radical (unpaired) electrons. The molecule has 0 amide bonds. The van der Waals surface area contributed by atoms with E-state index in [1.807, 2.05) is 12.1 Å². The van der Waals surface area contributed by atoms with Gasteiger partial charge in [-0.15, -0.1) is 0 Å². The fraction of sp³-hybridized carbons (Fsp3) is 0.300. The summed E-state index contributed by atoms with van der Waals surface area (Å²) >= 11 is 6.32. The highest BCUT2D eigenvalue weighted by Gasteiger charge is 2.41. The maximum absolute atomic E-state index is 14.5. The van der Waals surface area contributed by atoms with E-state index in [4.69, 9.17) is 21.4 Å². The van der Waals surface area contributed by atoms with Crippen LogP contribution in [0.2, 0.25) is 5.02 Å². The first kappa shape index (κ1) is 33.0. The van der Waals surface area contributed by atoms with E-state index in [9.17, 15) is 35.5 Å². The molecule has 46 heavy (non-hydrogen) atoms. The number of aromatic nitrogens is 3. The summed E-state index contributed by atoms with van der Waals surface area (Å²) in [5, 5.41) is 12.3. The van der Waals surface area contributed by atoms with Gasteiger partial charge in [0.2, 0.25) is 0 Å². The third-order valence-electron chi connectivity index (χ3n) is 7.26. The van der Waals surface area contributed by atoms with Crippen molar-refractivity contribution in [3.8, 4) is 28.6 Å². The Morgan fingerprint density at radius 3 is 2.35 bits per heavy atom. The van der Waals surface area contributed by atoms with Crippen LogP contribution in [0.15, 0.2) is 60.8 Å². The molecule has 2 aromatic heterocycles. The first-order valence-electron chi connectivity index (χ1n) is 13.7. The molecule has 5 rings (SSSR count). The number of piperidine rings is 1. The third-order valence-corrected chi connectivity index (χ3v) is 7.54. The van der Waals surface area contributed by atoms with Crippen molar-refractivity contribution in [2.75, 3.05) is 19.6 Å². The fourth-order valence-electron chi connectivity index (χ4n) is 5.24. The van der Waals surface area contributed by atoms with Crippen LogP contribution in [0, 0.1) is 5.82 Å². The number of carboxylic acid groups (broad SMARTS) is 1. The summed E-state index contributed by atoms with van der Waals surface area (Å²) in [5.41, 5.74) is 0.153. The monoisotopic (exact) mass is 672 g/mol. The standard InChI is InChI=1S/C30H24ClF7N4O4/c31-22-13-20(32)12-21(23-2-1-3-25(40-23)42-27(30(36,37)38)24(14-39-42)46-28(43)44)26(22)45-15-17-4-6-18(7-5-17)19-8-10-41(11-9-19)16-29(33,34)35/h1-7,12-14,19H,8-11,15-16H2,(H,43,44). The van der Waals surface area contributed by atoms with Crippen LogP contribution in [0.1, 0.15) is 35.6 Å². The number of halogens is 8. The number of nitrogens with zero attached hydrogens (tertiary/aromatic N) is 4. The zero-order valence-corrected chi connectivity index (χ0v) is 24.3. The topological polar surface area (TPSA) is 89.7 Å². The average molecular weight is 673 g/mol. The van der Waals surface area contributed by atoms with Crippen molar-refractivity contribution in [2.45, 2.75) is 37.7 Å². The molecule has 1 fully saturated rings. The van der Waals surface area contributed by atoms with Gasteiger partial charge in [0.15, 0.2) is 17.3 Å². The van der Waals surface area contributed by atoms with Gasteiger partial charge in [-0.25, -0.2) is 18.9 Å². The van der Waals surface area contributed by atoms with Crippen LogP contribution < -0.4 is 9.47 Å². The third kappa shape index (κ3) is 7.88. The number of rotatable bonds is 8. The van der Waals surface area contributed by atoms with Crippen molar-refractivity contribution < 1.29 is 50.1 Å².